The maximum absolute atomic E-state index is 13.7. The van der Waals surface area contributed by atoms with Crippen LogP contribution in [0.2, 0.25) is 0 Å². The molecule has 44 heavy (non-hydrogen) atoms. The third kappa shape index (κ3) is 9.29. The van der Waals surface area contributed by atoms with Gasteiger partial charge >= 0.3 is 6.09 Å². The molecule has 0 saturated carbocycles. The van der Waals surface area contributed by atoms with Gasteiger partial charge in [-0.1, -0.05) is 32.0 Å². The number of unbranched alkanes of at least 4 members (excludes halogenated alkanes) is 1. The van der Waals surface area contributed by atoms with Crippen LogP contribution in [0.3, 0.4) is 0 Å². The fourth-order valence-electron chi connectivity index (χ4n) is 5.40. The summed E-state index contributed by atoms with van der Waals surface area (Å²) in [4.78, 5) is 13.2. The molecule has 0 spiro atoms. The Morgan fingerprint density at radius 3 is 2.61 bits per heavy atom. The fraction of sp³-hybridized carbons (Fsp3) is 0.581. The van der Waals surface area contributed by atoms with E-state index in [1.165, 1.54) is 16.4 Å². The minimum Gasteiger partial charge on any atom is -0.494 e. The number of nitrogens with zero attached hydrogens (tertiary/aromatic N) is 1. The van der Waals surface area contributed by atoms with E-state index in [0.29, 0.717) is 31.2 Å². The number of aliphatic hydroxyl groups is 1. The van der Waals surface area contributed by atoms with E-state index in [1.54, 1.807) is 12.1 Å². The van der Waals surface area contributed by atoms with E-state index in [9.17, 15) is 18.3 Å². The summed E-state index contributed by atoms with van der Waals surface area (Å²) in [5.74, 6) is 0.614. The van der Waals surface area contributed by atoms with Crippen molar-refractivity contribution in [3.8, 4) is 5.75 Å². The first-order valence-electron chi connectivity index (χ1n) is 15.2. The number of rotatable bonds is 16. The van der Waals surface area contributed by atoms with Crippen molar-refractivity contribution in [1.82, 2.24) is 9.62 Å². The number of nitrogens with two attached hydrogens (primary N) is 2. The highest BCUT2D eigenvalue weighted by Gasteiger charge is 2.44. The smallest absolute Gasteiger partial charge is 0.407 e. The van der Waals surface area contributed by atoms with Gasteiger partial charge in [0.15, 0.2) is 6.29 Å². The number of hydrogen-bond donors (Lipinski definition) is 4. The Balaban J connectivity index is 1.50. The number of aliphatic hydroxyl groups excluding tert-OH is 1. The third-order valence-electron chi connectivity index (χ3n) is 7.71. The molecular formula is C31H46N4O8S. The van der Waals surface area contributed by atoms with E-state index in [-0.39, 0.29) is 49.1 Å². The molecule has 2 aromatic rings. The van der Waals surface area contributed by atoms with Gasteiger partial charge < -0.3 is 40.8 Å². The van der Waals surface area contributed by atoms with Crippen LogP contribution in [0.1, 0.15) is 38.7 Å². The average Bonchev–Trinajstić information content (AvgIpc) is 3.60. The molecule has 244 valence electrons. The number of benzene rings is 2. The standard InChI is InChI=1S/C31H46N4O8S/c1-21(2)18-35(44(38,39)25-7-5-6-23(33)17-25)19-28(36)27(16-22-8-10-24(11-9-22)40-14-4-3-13-32)34-31(37)43-29-20-42-30-26(29)12-15-41-30/h5-11,17,21,26-30,36H,3-4,12-16,18-20,32-33H2,1-2H3,(H,34,37)/t26-,27-,28+,29-,30+/m0/s1. The molecule has 2 aliphatic heterocycles. The van der Waals surface area contributed by atoms with Gasteiger partial charge in [-0.05, 0) is 74.0 Å². The second-order valence-electron chi connectivity index (χ2n) is 11.8. The van der Waals surface area contributed by atoms with E-state index in [0.717, 1.165) is 24.8 Å². The quantitative estimate of drug-likeness (QED) is 0.159. The Labute approximate surface area is 260 Å². The zero-order valence-electron chi connectivity index (χ0n) is 25.5. The SMILES string of the molecule is CC(C)CN(C[C@@H](O)[C@H](Cc1ccc(OCCCCN)cc1)NC(=O)O[C@H]1CO[C@H]2OCC[C@H]21)S(=O)(=O)c1cccc(N)c1. The Hall–Kier alpha value is -2.94. The lowest BCUT2D eigenvalue weighted by Gasteiger charge is -2.31. The predicted octanol–water partition coefficient (Wildman–Crippen LogP) is 2.49. The topological polar surface area (TPSA) is 176 Å². The number of amides is 1. The number of carbonyl (C=O) groups is 1. The molecule has 2 fully saturated rings. The van der Waals surface area contributed by atoms with E-state index in [2.05, 4.69) is 5.32 Å². The maximum atomic E-state index is 13.7. The van der Waals surface area contributed by atoms with Crippen molar-refractivity contribution in [1.29, 1.82) is 0 Å². The summed E-state index contributed by atoms with van der Waals surface area (Å²) in [5, 5.41) is 14.3. The molecule has 2 aliphatic rings. The van der Waals surface area contributed by atoms with Gasteiger partial charge in [0.25, 0.3) is 0 Å². The summed E-state index contributed by atoms with van der Waals surface area (Å²) in [6, 6.07) is 12.5. The molecule has 0 aliphatic carbocycles. The van der Waals surface area contributed by atoms with Gasteiger partial charge in [0.05, 0.1) is 42.8 Å². The molecule has 5 atom stereocenters. The lowest BCUT2D eigenvalue weighted by Crippen LogP contribution is -2.51. The van der Waals surface area contributed by atoms with Crippen molar-refractivity contribution in [3.63, 3.8) is 0 Å². The molecule has 2 saturated heterocycles. The molecule has 6 N–H and O–H groups in total. The second-order valence-corrected chi connectivity index (χ2v) is 13.7. The van der Waals surface area contributed by atoms with Crippen LogP contribution in [-0.4, -0.2) is 87.9 Å². The Bertz CT molecular complexity index is 1310. The first-order valence-corrected chi connectivity index (χ1v) is 16.7. The van der Waals surface area contributed by atoms with Gasteiger partial charge in [-0.25, -0.2) is 13.2 Å². The third-order valence-corrected chi connectivity index (χ3v) is 9.54. The van der Waals surface area contributed by atoms with Crippen molar-refractivity contribution in [3.05, 3.63) is 54.1 Å². The van der Waals surface area contributed by atoms with Crippen molar-refractivity contribution >= 4 is 21.8 Å². The van der Waals surface area contributed by atoms with Crippen molar-refractivity contribution in [2.75, 3.05) is 45.2 Å². The molecule has 4 rings (SSSR count). The molecular weight excluding hydrogens is 588 g/mol. The van der Waals surface area contributed by atoms with Crippen LogP contribution < -0.4 is 21.5 Å². The summed E-state index contributed by atoms with van der Waals surface area (Å²) in [5.41, 5.74) is 12.5. The van der Waals surface area contributed by atoms with Gasteiger partial charge in [-0.2, -0.15) is 4.31 Å². The first kappa shape index (κ1) is 33.9. The fourth-order valence-corrected chi connectivity index (χ4v) is 7.08. The van der Waals surface area contributed by atoms with Crippen LogP contribution in [0.25, 0.3) is 0 Å². The molecule has 2 aromatic carbocycles. The predicted molar refractivity (Wildman–Crippen MR) is 165 cm³/mol. The number of anilines is 1. The van der Waals surface area contributed by atoms with Crippen LogP contribution in [0, 0.1) is 11.8 Å². The highest BCUT2D eigenvalue weighted by Crippen LogP contribution is 2.33. The minimum absolute atomic E-state index is 0.0317. The number of fused-ring (bicyclic) bond motifs is 1. The van der Waals surface area contributed by atoms with Crippen LogP contribution in [0.15, 0.2) is 53.4 Å². The Morgan fingerprint density at radius 1 is 1.14 bits per heavy atom. The molecule has 0 bridgehead atoms. The van der Waals surface area contributed by atoms with Crippen LogP contribution in [-0.2, 0) is 30.7 Å². The van der Waals surface area contributed by atoms with Gasteiger partial charge in [0, 0.05) is 18.8 Å². The summed E-state index contributed by atoms with van der Waals surface area (Å²) < 4.78 is 51.1. The minimum atomic E-state index is -4.00. The van der Waals surface area contributed by atoms with E-state index < -0.39 is 34.4 Å². The van der Waals surface area contributed by atoms with Crippen LogP contribution >= 0.6 is 0 Å². The summed E-state index contributed by atoms with van der Waals surface area (Å²) >= 11 is 0. The zero-order valence-corrected chi connectivity index (χ0v) is 26.3. The van der Waals surface area contributed by atoms with E-state index in [4.69, 9.17) is 30.4 Å². The highest BCUT2D eigenvalue weighted by molar-refractivity contribution is 7.89. The second kappa shape index (κ2) is 15.9. The van der Waals surface area contributed by atoms with Gasteiger partial charge in [-0.15, -0.1) is 0 Å². The normalized spacial score (nSPS) is 21.3. The van der Waals surface area contributed by atoms with Gasteiger partial charge in [-0.3, -0.25) is 0 Å². The molecule has 13 heteroatoms. The number of nitrogens with one attached hydrogen (secondary N) is 1. The number of ether oxygens (including phenoxy) is 4. The first-order chi connectivity index (χ1) is 21.1. The number of nitrogen functional groups attached to an aromatic ring is 1. The molecule has 1 amide bonds. The van der Waals surface area contributed by atoms with Crippen molar-refractivity contribution in [2.45, 2.75) is 69.0 Å². The highest BCUT2D eigenvalue weighted by atomic mass is 32.2. The largest absolute Gasteiger partial charge is 0.494 e. The number of hydrogen-bond acceptors (Lipinski definition) is 10. The van der Waals surface area contributed by atoms with E-state index in [1.807, 2.05) is 38.1 Å². The van der Waals surface area contributed by atoms with Crippen molar-refractivity contribution in [2.24, 2.45) is 17.6 Å². The van der Waals surface area contributed by atoms with Crippen molar-refractivity contribution < 1.29 is 37.3 Å². The molecule has 0 unspecified atom stereocenters. The number of alkyl carbamates (subject to hydrolysis) is 1. The lowest BCUT2D eigenvalue weighted by atomic mass is 10.0. The summed E-state index contributed by atoms with van der Waals surface area (Å²) in [7, 11) is -4.00. The number of carbonyl (C=O) groups excluding carboxylic acids is 1. The van der Waals surface area contributed by atoms with Gasteiger partial charge in [0.1, 0.15) is 11.9 Å². The molecule has 12 nitrogen and oxygen atoms in total. The summed E-state index contributed by atoms with van der Waals surface area (Å²) in [6.45, 7) is 5.62. The maximum Gasteiger partial charge on any atom is 0.407 e. The van der Waals surface area contributed by atoms with E-state index >= 15 is 0 Å². The molecule has 0 aromatic heterocycles. The molecule has 2 heterocycles. The van der Waals surface area contributed by atoms with Gasteiger partial charge in [0.2, 0.25) is 10.0 Å². The Kier molecular flexibility index (Phi) is 12.2. The summed E-state index contributed by atoms with van der Waals surface area (Å²) in [6.07, 6.45) is -0.179. The zero-order chi connectivity index (χ0) is 31.7. The lowest BCUT2D eigenvalue weighted by molar-refractivity contribution is -0.0907. The monoisotopic (exact) mass is 634 g/mol. The van der Waals surface area contributed by atoms with Crippen LogP contribution in [0.4, 0.5) is 10.5 Å². The average molecular weight is 635 g/mol. The number of sulfonamides is 1. The Morgan fingerprint density at radius 2 is 1.91 bits per heavy atom. The molecule has 0 radical (unpaired) electrons. The van der Waals surface area contributed by atoms with Crippen LogP contribution in [0.5, 0.6) is 5.75 Å².